The highest BCUT2D eigenvalue weighted by molar-refractivity contribution is 5.95. The predicted octanol–water partition coefficient (Wildman–Crippen LogP) is 1.43. The quantitative estimate of drug-likeness (QED) is 0.848. The van der Waals surface area contributed by atoms with Gasteiger partial charge in [-0.1, -0.05) is 0 Å². The minimum Gasteiger partial charge on any atom is -0.478 e. The van der Waals surface area contributed by atoms with Crippen molar-refractivity contribution in [3.63, 3.8) is 0 Å². The topological polar surface area (TPSA) is 79.7 Å². The molecule has 0 radical (unpaired) electrons. The Labute approximate surface area is 123 Å². The van der Waals surface area contributed by atoms with Gasteiger partial charge in [0, 0.05) is 32.1 Å². The van der Waals surface area contributed by atoms with Gasteiger partial charge in [-0.25, -0.2) is 4.79 Å². The van der Waals surface area contributed by atoms with E-state index in [2.05, 4.69) is 4.98 Å². The van der Waals surface area contributed by atoms with Crippen molar-refractivity contribution in [3.05, 3.63) is 35.7 Å². The Morgan fingerprint density at radius 1 is 1.48 bits per heavy atom. The van der Waals surface area contributed by atoms with E-state index in [4.69, 9.17) is 9.84 Å². The largest absolute Gasteiger partial charge is 0.478 e. The van der Waals surface area contributed by atoms with Gasteiger partial charge in [0.15, 0.2) is 0 Å². The van der Waals surface area contributed by atoms with Gasteiger partial charge >= 0.3 is 5.97 Å². The number of carboxylic acid groups (broad SMARTS) is 1. The standard InChI is InChI=1S/C15H18N2O4/c1-10-13(5-6-21-10)17(2)15(20)12-7-11(8-16-9-12)3-4-14(18)19/h3-4,7-10,13H,5-6H2,1-2H3,(H,18,19)/b4-3+. The molecule has 0 aliphatic carbocycles. The van der Waals surface area contributed by atoms with E-state index in [0.717, 1.165) is 12.5 Å². The van der Waals surface area contributed by atoms with E-state index in [-0.39, 0.29) is 18.1 Å². The summed E-state index contributed by atoms with van der Waals surface area (Å²) >= 11 is 0. The molecule has 1 fully saturated rings. The van der Waals surface area contributed by atoms with Gasteiger partial charge in [-0.2, -0.15) is 0 Å². The molecule has 0 aromatic carbocycles. The Balaban J connectivity index is 2.15. The number of rotatable bonds is 4. The van der Waals surface area contributed by atoms with Gasteiger partial charge in [-0.3, -0.25) is 9.78 Å². The molecule has 1 aliphatic heterocycles. The molecular weight excluding hydrogens is 272 g/mol. The second kappa shape index (κ2) is 6.49. The average Bonchev–Trinajstić information content (AvgIpc) is 2.90. The summed E-state index contributed by atoms with van der Waals surface area (Å²) in [6.45, 7) is 2.61. The summed E-state index contributed by atoms with van der Waals surface area (Å²) in [5.74, 6) is -1.18. The number of pyridine rings is 1. The Hall–Kier alpha value is -2.21. The Morgan fingerprint density at radius 2 is 2.24 bits per heavy atom. The predicted molar refractivity (Wildman–Crippen MR) is 76.8 cm³/mol. The third-order valence-corrected chi connectivity index (χ3v) is 3.58. The maximum Gasteiger partial charge on any atom is 0.328 e. The average molecular weight is 290 g/mol. The summed E-state index contributed by atoms with van der Waals surface area (Å²) in [5, 5.41) is 8.62. The van der Waals surface area contributed by atoms with Crippen molar-refractivity contribution in [2.75, 3.05) is 13.7 Å². The third-order valence-electron chi connectivity index (χ3n) is 3.58. The van der Waals surface area contributed by atoms with Crippen molar-refractivity contribution < 1.29 is 19.4 Å². The highest BCUT2D eigenvalue weighted by Gasteiger charge is 2.31. The van der Waals surface area contributed by atoms with Crippen molar-refractivity contribution in [2.24, 2.45) is 0 Å². The van der Waals surface area contributed by atoms with E-state index >= 15 is 0 Å². The van der Waals surface area contributed by atoms with E-state index < -0.39 is 5.97 Å². The molecule has 21 heavy (non-hydrogen) atoms. The first kappa shape index (κ1) is 15.2. The fourth-order valence-electron chi connectivity index (χ4n) is 2.42. The van der Waals surface area contributed by atoms with Gasteiger partial charge < -0.3 is 14.7 Å². The molecule has 1 saturated heterocycles. The number of likely N-dealkylation sites (N-methyl/N-ethyl adjacent to an activating group) is 1. The number of carboxylic acids is 1. The van der Waals surface area contributed by atoms with Gasteiger partial charge in [0.2, 0.25) is 0 Å². The van der Waals surface area contributed by atoms with Crippen molar-refractivity contribution >= 4 is 18.0 Å². The van der Waals surface area contributed by atoms with Crippen molar-refractivity contribution in [3.8, 4) is 0 Å². The highest BCUT2D eigenvalue weighted by Crippen LogP contribution is 2.20. The van der Waals surface area contributed by atoms with Crippen LogP contribution >= 0.6 is 0 Å². The zero-order chi connectivity index (χ0) is 15.4. The smallest absolute Gasteiger partial charge is 0.328 e. The number of aliphatic carboxylic acids is 1. The number of hydrogen-bond donors (Lipinski definition) is 1. The van der Waals surface area contributed by atoms with Gasteiger partial charge in [-0.05, 0) is 31.1 Å². The summed E-state index contributed by atoms with van der Waals surface area (Å²) in [4.78, 5) is 28.6. The summed E-state index contributed by atoms with van der Waals surface area (Å²) in [5.41, 5.74) is 1.01. The molecule has 0 spiro atoms. The normalized spacial score (nSPS) is 21.6. The molecule has 2 rings (SSSR count). The number of carbonyl (C=O) groups is 2. The summed E-state index contributed by atoms with van der Waals surface area (Å²) in [6.07, 6.45) is 6.25. The van der Waals surface area contributed by atoms with Gasteiger partial charge in [0.1, 0.15) is 0 Å². The van der Waals surface area contributed by atoms with Crippen LogP contribution in [0.4, 0.5) is 0 Å². The molecule has 1 aromatic rings. The first-order valence-electron chi connectivity index (χ1n) is 6.74. The number of ether oxygens (including phenoxy) is 1. The van der Waals surface area contributed by atoms with Crippen LogP contribution in [0.25, 0.3) is 6.08 Å². The highest BCUT2D eigenvalue weighted by atomic mass is 16.5. The molecule has 1 amide bonds. The van der Waals surface area contributed by atoms with Crippen LogP contribution in [-0.4, -0.2) is 52.7 Å². The van der Waals surface area contributed by atoms with E-state index in [1.807, 2.05) is 6.92 Å². The van der Waals surface area contributed by atoms with Crippen LogP contribution in [0.3, 0.4) is 0 Å². The molecule has 1 aromatic heterocycles. The summed E-state index contributed by atoms with van der Waals surface area (Å²) < 4.78 is 5.48. The summed E-state index contributed by atoms with van der Waals surface area (Å²) in [7, 11) is 1.75. The lowest BCUT2D eigenvalue weighted by Crippen LogP contribution is -2.41. The Morgan fingerprint density at radius 3 is 2.86 bits per heavy atom. The zero-order valence-corrected chi connectivity index (χ0v) is 12.0. The lowest BCUT2D eigenvalue weighted by Gasteiger charge is -2.26. The van der Waals surface area contributed by atoms with Crippen molar-refractivity contribution in [1.29, 1.82) is 0 Å². The van der Waals surface area contributed by atoms with Crippen molar-refractivity contribution in [2.45, 2.75) is 25.5 Å². The molecule has 0 bridgehead atoms. The minimum atomic E-state index is -1.04. The molecule has 6 heteroatoms. The van der Waals surface area contributed by atoms with Gasteiger partial charge in [0.25, 0.3) is 5.91 Å². The van der Waals surface area contributed by atoms with Crippen LogP contribution in [0.15, 0.2) is 24.5 Å². The SMILES string of the molecule is CC1OCCC1N(C)C(=O)c1cncc(/C=C/C(=O)O)c1. The van der Waals surface area contributed by atoms with E-state index in [9.17, 15) is 9.59 Å². The van der Waals surface area contributed by atoms with Crippen LogP contribution in [0, 0.1) is 0 Å². The molecule has 112 valence electrons. The minimum absolute atomic E-state index is 0.0157. The number of amides is 1. The monoisotopic (exact) mass is 290 g/mol. The third kappa shape index (κ3) is 3.66. The van der Waals surface area contributed by atoms with Crippen LogP contribution in [-0.2, 0) is 9.53 Å². The maximum atomic E-state index is 12.5. The first-order valence-corrected chi connectivity index (χ1v) is 6.74. The fraction of sp³-hybridized carbons (Fsp3) is 0.400. The van der Waals surface area contributed by atoms with E-state index in [1.54, 1.807) is 18.0 Å². The second-order valence-electron chi connectivity index (χ2n) is 5.03. The van der Waals surface area contributed by atoms with E-state index in [1.165, 1.54) is 18.5 Å². The van der Waals surface area contributed by atoms with Gasteiger partial charge in [-0.15, -0.1) is 0 Å². The number of hydrogen-bond acceptors (Lipinski definition) is 4. The van der Waals surface area contributed by atoms with Crippen molar-refractivity contribution in [1.82, 2.24) is 9.88 Å². The Kier molecular flexibility index (Phi) is 4.70. The van der Waals surface area contributed by atoms with Gasteiger partial charge in [0.05, 0.1) is 17.7 Å². The van der Waals surface area contributed by atoms with Crippen LogP contribution in [0.2, 0.25) is 0 Å². The molecule has 2 heterocycles. The summed E-state index contributed by atoms with van der Waals surface area (Å²) in [6, 6.07) is 1.68. The lowest BCUT2D eigenvalue weighted by molar-refractivity contribution is -0.131. The fourth-order valence-corrected chi connectivity index (χ4v) is 2.42. The molecule has 1 N–H and O–H groups in total. The van der Waals surface area contributed by atoms with Crippen LogP contribution < -0.4 is 0 Å². The molecule has 2 atom stereocenters. The molecule has 6 nitrogen and oxygen atoms in total. The Bertz CT molecular complexity index is 571. The van der Waals surface area contributed by atoms with Crippen LogP contribution in [0.1, 0.15) is 29.3 Å². The second-order valence-corrected chi connectivity index (χ2v) is 5.03. The molecule has 1 aliphatic rings. The molecule has 0 saturated carbocycles. The number of carbonyl (C=O) groups excluding carboxylic acids is 1. The molecule has 2 unspecified atom stereocenters. The zero-order valence-electron chi connectivity index (χ0n) is 12.0. The van der Waals surface area contributed by atoms with Crippen LogP contribution in [0.5, 0.6) is 0 Å². The molecular formula is C15H18N2O4. The van der Waals surface area contributed by atoms with E-state index in [0.29, 0.717) is 17.7 Å². The number of nitrogens with zero attached hydrogens (tertiary/aromatic N) is 2. The lowest BCUT2D eigenvalue weighted by atomic mass is 10.1. The first-order chi connectivity index (χ1) is 9.99. The maximum absolute atomic E-state index is 12.5. The number of aromatic nitrogens is 1.